The number of nitrogens with zero attached hydrogens (tertiary/aromatic N) is 2. The molecule has 0 atom stereocenters. The zero-order valence-electron chi connectivity index (χ0n) is 21.0. The Morgan fingerprint density at radius 1 is 0.667 bits per heavy atom. The van der Waals surface area contributed by atoms with Crippen LogP contribution in [0.25, 0.3) is 11.4 Å². The molecule has 3 rings (SSSR count). The van der Waals surface area contributed by atoms with Crippen LogP contribution in [0, 0.1) is 0 Å². The third kappa shape index (κ3) is 5.16. The van der Waals surface area contributed by atoms with Gasteiger partial charge in [-0.2, -0.15) is 0 Å². The van der Waals surface area contributed by atoms with E-state index in [9.17, 15) is 0 Å². The first-order valence-electron chi connectivity index (χ1n) is 11.9. The zero-order chi connectivity index (χ0) is 24.7. The van der Waals surface area contributed by atoms with E-state index < -0.39 is 4.39 Å². The van der Waals surface area contributed by atoms with Gasteiger partial charge in [0.05, 0.1) is 0 Å². The number of imidazole rings is 1. The SMILES string of the molecule is CC(C)c1cccc(C(C)C)c1-n1cc[n+](-c2c(C(C)C)cccc2C(C)C)c1[B-](Cl)(Cl)Cl. The highest BCUT2D eigenvalue weighted by Crippen LogP contribution is 2.33. The second kappa shape index (κ2) is 10.1. The van der Waals surface area contributed by atoms with E-state index in [2.05, 4.69) is 113 Å². The molecule has 0 aliphatic heterocycles. The monoisotopic (exact) mass is 504 g/mol. The number of benzene rings is 2. The second-order valence-electron chi connectivity index (χ2n) is 10.2. The average molecular weight is 506 g/mol. The highest BCUT2D eigenvalue weighted by atomic mass is 35.6. The molecular formula is C27H36BCl3N2. The van der Waals surface area contributed by atoms with Gasteiger partial charge < -0.3 is 34.4 Å². The minimum atomic E-state index is -2.39. The summed E-state index contributed by atoms with van der Waals surface area (Å²) in [4.78, 5) is 0. The van der Waals surface area contributed by atoms with Crippen LogP contribution < -0.4 is 10.3 Å². The Morgan fingerprint density at radius 3 is 1.42 bits per heavy atom. The first-order valence-corrected chi connectivity index (χ1v) is 13.3. The molecule has 0 fully saturated rings. The van der Waals surface area contributed by atoms with Gasteiger partial charge >= 0.3 is 4.39 Å². The van der Waals surface area contributed by atoms with Gasteiger partial charge in [-0.3, -0.25) is 0 Å². The molecule has 0 aliphatic rings. The Morgan fingerprint density at radius 2 is 1.06 bits per heavy atom. The van der Waals surface area contributed by atoms with Crippen molar-refractivity contribution in [1.29, 1.82) is 0 Å². The summed E-state index contributed by atoms with van der Waals surface area (Å²) in [5, 5.41) is 0. The molecule has 2 aromatic carbocycles. The molecule has 0 amide bonds. The maximum absolute atomic E-state index is 6.79. The van der Waals surface area contributed by atoms with E-state index >= 15 is 0 Å². The quantitative estimate of drug-likeness (QED) is 0.226. The highest BCUT2D eigenvalue weighted by molar-refractivity contribution is 7.69. The van der Waals surface area contributed by atoms with Crippen molar-refractivity contribution in [3.63, 3.8) is 0 Å². The van der Waals surface area contributed by atoms with Crippen molar-refractivity contribution < 1.29 is 4.57 Å². The first-order chi connectivity index (χ1) is 15.4. The van der Waals surface area contributed by atoms with Gasteiger partial charge in [-0.1, -0.05) is 91.8 Å². The smallest absolute Gasteiger partial charge is 0.337 e. The van der Waals surface area contributed by atoms with E-state index in [4.69, 9.17) is 34.4 Å². The molecule has 0 spiro atoms. The van der Waals surface area contributed by atoms with Gasteiger partial charge in [-0.05, 0) is 23.7 Å². The number of halogens is 3. The predicted octanol–water partition coefficient (Wildman–Crippen LogP) is 8.11. The Balaban J connectivity index is 2.47. The summed E-state index contributed by atoms with van der Waals surface area (Å²) >= 11 is 20.4. The van der Waals surface area contributed by atoms with E-state index in [1.54, 1.807) is 0 Å². The summed E-state index contributed by atoms with van der Waals surface area (Å²) in [7, 11) is 0. The fourth-order valence-corrected chi connectivity index (χ4v) is 5.31. The third-order valence-corrected chi connectivity index (χ3v) is 6.90. The van der Waals surface area contributed by atoms with Crippen LogP contribution in [0.4, 0.5) is 0 Å². The van der Waals surface area contributed by atoms with Crippen molar-refractivity contribution >= 4 is 44.5 Å². The van der Waals surface area contributed by atoms with Crippen LogP contribution in [0.15, 0.2) is 48.8 Å². The topological polar surface area (TPSA) is 8.81 Å². The molecule has 0 saturated carbocycles. The maximum atomic E-state index is 6.79. The minimum absolute atomic E-state index is 0.333. The largest absolute Gasteiger partial charge is 0.360 e. The van der Waals surface area contributed by atoms with Gasteiger partial charge in [0, 0.05) is 22.3 Å². The van der Waals surface area contributed by atoms with Crippen LogP contribution in [0.3, 0.4) is 0 Å². The molecule has 3 aromatic rings. The summed E-state index contributed by atoms with van der Waals surface area (Å²) in [6.45, 7) is 17.7. The Bertz CT molecular complexity index is 991. The van der Waals surface area contributed by atoms with Gasteiger partial charge in [0.25, 0.3) is 0 Å². The van der Waals surface area contributed by atoms with E-state index in [0.29, 0.717) is 29.4 Å². The van der Waals surface area contributed by atoms with Gasteiger partial charge in [0.1, 0.15) is 29.5 Å². The van der Waals surface area contributed by atoms with Crippen molar-refractivity contribution in [3.05, 3.63) is 71.0 Å². The molecule has 1 aromatic heterocycles. The lowest BCUT2D eigenvalue weighted by Crippen LogP contribution is -2.58. The number of aromatic nitrogens is 2. The summed E-state index contributed by atoms with van der Waals surface area (Å²) in [5.41, 5.74) is 7.92. The van der Waals surface area contributed by atoms with Crippen molar-refractivity contribution in [1.82, 2.24) is 4.57 Å². The first kappa shape index (κ1) is 26.2. The molecule has 0 radical (unpaired) electrons. The van der Waals surface area contributed by atoms with E-state index in [1.807, 2.05) is 0 Å². The van der Waals surface area contributed by atoms with Crippen LogP contribution in [-0.4, -0.2) is 8.96 Å². The molecule has 2 nitrogen and oxygen atoms in total. The summed E-state index contributed by atoms with van der Waals surface area (Å²) in [6.07, 6.45) is 4.13. The van der Waals surface area contributed by atoms with E-state index in [0.717, 1.165) is 11.4 Å². The van der Waals surface area contributed by atoms with Crippen LogP contribution in [0.1, 0.15) is 101 Å². The van der Waals surface area contributed by atoms with Crippen LogP contribution in [0.2, 0.25) is 0 Å². The van der Waals surface area contributed by atoms with Crippen molar-refractivity contribution in [3.8, 4) is 11.4 Å². The van der Waals surface area contributed by atoms with Gasteiger partial charge in [0.2, 0.25) is 0 Å². The van der Waals surface area contributed by atoms with Gasteiger partial charge in [0.15, 0.2) is 0 Å². The number of hydrogen-bond acceptors (Lipinski definition) is 0. The van der Waals surface area contributed by atoms with Crippen LogP contribution in [-0.2, 0) is 0 Å². The zero-order valence-corrected chi connectivity index (χ0v) is 23.3. The molecule has 0 saturated heterocycles. The minimum Gasteiger partial charge on any atom is -0.337 e. The number of hydrogen-bond donors (Lipinski definition) is 0. The second-order valence-corrected chi connectivity index (χ2v) is 12.8. The molecule has 6 heteroatoms. The average Bonchev–Trinajstić information content (AvgIpc) is 3.17. The maximum Gasteiger partial charge on any atom is 0.360 e. The lowest BCUT2D eigenvalue weighted by molar-refractivity contribution is -0.577. The van der Waals surface area contributed by atoms with Crippen LogP contribution in [0.5, 0.6) is 0 Å². The fourth-order valence-electron chi connectivity index (χ4n) is 4.68. The van der Waals surface area contributed by atoms with Gasteiger partial charge in [-0.25, -0.2) is 9.13 Å². The van der Waals surface area contributed by atoms with E-state index in [-0.39, 0.29) is 0 Å². The van der Waals surface area contributed by atoms with Gasteiger partial charge in [-0.15, -0.1) is 0 Å². The lowest BCUT2D eigenvalue weighted by Gasteiger charge is -2.25. The molecule has 178 valence electrons. The molecule has 1 heterocycles. The molecule has 33 heavy (non-hydrogen) atoms. The summed E-state index contributed by atoms with van der Waals surface area (Å²) in [6, 6.07) is 13.0. The molecule has 0 aliphatic carbocycles. The molecule has 0 bridgehead atoms. The number of rotatable bonds is 7. The predicted molar refractivity (Wildman–Crippen MR) is 147 cm³/mol. The summed E-state index contributed by atoms with van der Waals surface area (Å²) in [5.74, 6) is 1.33. The third-order valence-electron chi connectivity index (χ3n) is 6.32. The van der Waals surface area contributed by atoms with E-state index in [1.165, 1.54) is 22.3 Å². The lowest BCUT2D eigenvalue weighted by atomic mass is 9.90. The Kier molecular flexibility index (Phi) is 7.99. The van der Waals surface area contributed by atoms with Crippen molar-refractivity contribution in [2.45, 2.75) is 79.1 Å². The van der Waals surface area contributed by atoms with Crippen molar-refractivity contribution in [2.24, 2.45) is 0 Å². The Labute approximate surface area is 214 Å². The molecular weight excluding hydrogens is 469 g/mol. The Hall–Kier alpha value is -1.42. The fraction of sp³-hybridized carbons (Fsp3) is 0.444. The number of para-hydroxylation sites is 2. The van der Waals surface area contributed by atoms with Crippen LogP contribution >= 0.6 is 34.4 Å². The highest BCUT2D eigenvalue weighted by Gasteiger charge is 2.36. The standard InChI is InChI=1S/C27H36BCl3N2/c1-17(2)21-11-9-12-22(18(3)4)25(21)32-15-16-33(27(32)28(29,30)31)26-23(19(5)6)13-10-14-24(26)20(7)8/h9-20H,1-8H3. The normalized spacial score (nSPS) is 12.6. The molecule has 0 unspecified atom stereocenters. The van der Waals surface area contributed by atoms with Crippen molar-refractivity contribution in [2.75, 3.05) is 0 Å². The summed E-state index contributed by atoms with van der Waals surface area (Å²) < 4.78 is 1.86. The molecule has 0 N–H and O–H groups in total.